The van der Waals surface area contributed by atoms with Gasteiger partial charge in [-0.15, -0.1) is 0 Å². The molecule has 0 heterocycles. The van der Waals surface area contributed by atoms with Crippen molar-refractivity contribution in [1.82, 2.24) is 0 Å². The zero-order valence-electron chi connectivity index (χ0n) is 11.7. The van der Waals surface area contributed by atoms with Crippen molar-refractivity contribution in [2.45, 2.75) is 45.1 Å². The van der Waals surface area contributed by atoms with Crippen LogP contribution in [0.4, 0.5) is 22.0 Å². The Labute approximate surface area is 120 Å². The Morgan fingerprint density at radius 1 is 0.857 bits per heavy atom. The van der Waals surface area contributed by atoms with Crippen LogP contribution in [0.25, 0.3) is 0 Å². The van der Waals surface area contributed by atoms with Crippen LogP contribution in [0.3, 0.4) is 0 Å². The van der Waals surface area contributed by atoms with Gasteiger partial charge in [-0.1, -0.05) is 26.2 Å². The standard InChI is InChI=1S/C15H18F5N/c1-2-7-3-5-8(6-4-7)15(21)9-10(16)12(18)14(20)13(19)11(9)17/h7-8,15H,2-6,21H2,1H3. The van der Waals surface area contributed by atoms with E-state index >= 15 is 0 Å². The number of hydrogen-bond acceptors (Lipinski definition) is 1. The molecule has 0 spiro atoms. The van der Waals surface area contributed by atoms with Crippen molar-refractivity contribution in [3.8, 4) is 0 Å². The molecule has 1 fully saturated rings. The molecule has 6 heteroatoms. The fourth-order valence-electron chi connectivity index (χ4n) is 3.11. The Kier molecular flexibility index (Phi) is 4.86. The van der Waals surface area contributed by atoms with E-state index in [1.165, 1.54) is 0 Å². The van der Waals surface area contributed by atoms with Crippen molar-refractivity contribution in [1.29, 1.82) is 0 Å². The number of hydrogen-bond donors (Lipinski definition) is 1. The average Bonchev–Trinajstić information content (AvgIpc) is 2.51. The number of rotatable bonds is 3. The predicted octanol–water partition coefficient (Wildman–Crippen LogP) is 4.60. The zero-order chi connectivity index (χ0) is 15.7. The number of halogens is 5. The summed E-state index contributed by atoms with van der Waals surface area (Å²) in [6.45, 7) is 2.06. The summed E-state index contributed by atoms with van der Waals surface area (Å²) < 4.78 is 67.0. The second-order valence-corrected chi connectivity index (χ2v) is 5.70. The molecule has 1 unspecified atom stereocenters. The van der Waals surface area contributed by atoms with Gasteiger partial charge in [-0.3, -0.25) is 0 Å². The lowest BCUT2D eigenvalue weighted by Crippen LogP contribution is -2.28. The van der Waals surface area contributed by atoms with E-state index < -0.39 is 40.7 Å². The van der Waals surface area contributed by atoms with Gasteiger partial charge in [0, 0.05) is 11.6 Å². The molecule has 1 saturated carbocycles. The summed E-state index contributed by atoms with van der Waals surface area (Å²) in [6, 6.07) is -1.17. The molecular weight excluding hydrogens is 289 g/mol. The minimum Gasteiger partial charge on any atom is -0.324 e. The van der Waals surface area contributed by atoms with Crippen LogP contribution >= 0.6 is 0 Å². The molecule has 0 aliphatic heterocycles. The molecule has 0 aromatic heterocycles. The summed E-state index contributed by atoms with van der Waals surface area (Å²) >= 11 is 0. The van der Waals surface area contributed by atoms with Crippen molar-refractivity contribution >= 4 is 0 Å². The van der Waals surface area contributed by atoms with Gasteiger partial charge in [0.05, 0.1) is 0 Å². The van der Waals surface area contributed by atoms with E-state index in [4.69, 9.17) is 5.73 Å². The Balaban J connectivity index is 2.30. The molecule has 1 aliphatic carbocycles. The van der Waals surface area contributed by atoms with Gasteiger partial charge in [0.15, 0.2) is 23.3 Å². The molecule has 118 valence electrons. The van der Waals surface area contributed by atoms with Crippen molar-refractivity contribution in [2.75, 3.05) is 0 Å². The van der Waals surface area contributed by atoms with Gasteiger partial charge in [-0.25, -0.2) is 22.0 Å². The molecule has 1 aromatic rings. The third-order valence-electron chi connectivity index (χ3n) is 4.55. The van der Waals surface area contributed by atoms with Crippen LogP contribution in [-0.2, 0) is 0 Å². The van der Waals surface area contributed by atoms with Crippen LogP contribution in [0.1, 0.15) is 50.6 Å². The Bertz CT molecular complexity index is 494. The first-order valence-electron chi connectivity index (χ1n) is 7.15. The van der Waals surface area contributed by atoms with Gasteiger partial charge in [-0.05, 0) is 24.7 Å². The Hall–Kier alpha value is -1.17. The number of nitrogens with two attached hydrogens (primary N) is 1. The molecule has 2 N–H and O–H groups in total. The van der Waals surface area contributed by atoms with E-state index in [-0.39, 0.29) is 5.92 Å². The molecule has 0 amide bonds. The van der Waals surface area contributed by atoms with Crippen molar-refractivity contribution in [2.24, 2.45) is 17.6 Å². The predicted molar refractivity (Wildman–Crippen MR) is 68.9 cm³/mol. The van der Waals surface area contributed by atoms with Crippen LogP contribution in [0.15, 0.2) is 0 Å². The second kappa shape index (κ2) is 6.30. The lowest BCUT2D eigenvalue weighted by atomic mass is 9.76. The first-order valence-corrected chi connectivity index (χ1v) is 7.15. The van der Waals surface area contributed by atoms with Crippen LogP contribution in [0.2, 0.25) is 0 Å². The quantitative estimate of drug-likeness (QED) is 0.493. The van der Waals surface area contributed by atoms with Gasteiger partial charge >= 0.3 is 0 Å². The summed E-state index contributed by atoms with van der Waals surface area (Å²) in [7, 11) is 0. The molecule has 1 aromatic carbocycles. The summed E-state index contributed by atoms with van der Waals surface area (Å²) in [5.74, 6) is -9.34. The van der Waals surface area contributed by atoms with E-state index in [1.54, 1.807) is 0 Å². The summed E-state index contributed by atoms with van der Waals surface area (Å²) in [4.78, 5) is 0. The minimum atomic E-state index is -2.14. The van der Waals surface area contributed by atoms with Crippen molar-refractivity contribution in [3.05, 3.63) is 34.6 Å². The number of benzene rings is 1. The average molecular weight is 307 g/mol. The zero-order valence-corrected chi connectivity index (χ0v) is 11.7. The minimum absolute atomic E-state index is 0.263. The van der Waals surface area contributed by atoms with Gasteiger partial charge in [-0.2, -0.15) is 0 Å². The highest BCUT2D eigenvalue weighted by atomic mass is 19.2. The van der Waals surface area contributed by atoms with Crippen LogP contribution in [0, 0.1) is 40.9 Å². The SMILES string of the molecule is CCC1CCC(C(N)c2c(F)c(F)c(F)c(F)c2F)CC1. The molecule has 0 radical (unpaired) electrons. The third kappa shape index (κ3) is 2.91. The fraction of sp³-hybridized carbons (Fsp3) is 0.600. The highest BCUT2D eigenvalue weighted by molar-refractivity contribution is 5.27. The second-order valence-electron chi connectivity index (χ2n) is 5.70. The summed E-state index contributed by atoms with van der Waals surface area (Å²) in [5.41, 5.74) is 4.93. The van der Waals surface area contributed by atoms with Crippen LogP contribution in [-0.4, -0.2) is 0 Å². The largest absolute Gasteiger partial charge is 0.324 e. The molecular formula is C15H18F5N. The maximum absolute atomic E-state index is 13.7. The first-order chi connectivity index (χ1) is 9.88. The van der Waals surface area contributed by atoms with Crippen LogP contribution in [0.5, 0.6) is 0 Å². The molecule has 0 bridgehead atoms. The summed E-state index contributed by atoms with van der Waals surface area (Å²) in [5, 5.41) is 0. The van der Waals surface area contributed by atoms with Crippen molar-refractivity contribution < 1.29 is 22.0 Å². The smallest absolute Gasteiger partial charge is 0.200 e. The lowest BCUT2D eigenvalue weighted by molar-refractivity contribution is 0.231. The van der Waals surface area contributed by atoms with E-state index in [0.717, 1.165) is 19.3 Å². The van der Waals surface area contributed by atoms with Gasteiger partial charge in [0.25, 0.3) is 0 Å². The molecule has 0 saturated heterocycles. The Morgan fingerprint density at radius 2 is 1.29 bits per heavy atom. The molecule has 2 rings (SSSR count). The van der Waals surface area contributed by atoms with E-state index in [9.17, 15) is 22.0 Å². The molecule has 1 atom stereocenters. The van der Waals surface area contributed by atoms with E-state index in [2.05, 4.69) is 6.92 Å². The summed E-state index contributed by atoms with van der Waals surface area (Å²) in [6.07, 6.45) is 4.03. The van der Waals surface area contributed by atoms with Gasteiger partial charge in [0.2, 0.25) is 5.82 Å². The molecule has 1 aliphatic rings. The molecule has 1 nitrogen and oxygen atoms in total. The maximum atomic E-state index is 13.7. The maximum Gasteiger partial charge on any atom is 0.200 e. The van der Waals surface area contributed by atoms with Gasteiger partial charge in [0.1, 0.15) is 0 Å². The first kappa shape index (κ1) is 16.2. The highest BCUT2D eigenvalue weighted by Crippen LogP contribution is 2.39. The highest BCUT2D eigenvalue weighted by Gasteiger charge is 2.33. The normalized spacial score (nSPS) is 24.1. The topological polar surface area (TPSA) is 26.0 Å². The third-order valence-corrected chi connectivity index (χ3v) is 4.55. The van der Waals surface area contributed by atoms with Gasteiger partial charge < -0.3 is 5.73 Å². The van der Waals surface area contributed by atoms with Crippen molar-refractivity contribution in [3.63, 3.8) is 0 Å². The van der Waals surface area contributed by atoms with Crippen LogP contribution < -0.4 is 5.73 Å². The molecule has 21 heavy (non-hydrogen) atoms. The lowest BCUT2D eigenvalue weighted by Gasteiger charge is -2.32. The van der Waals surface area contributed by atoms with E-state index in [0.29, 0.717) is 18.8 Å². The Morgan fingerprint density at radius 3 is 1.71 bits per heavy atom. The fourth-order valence-corrected chi connectivity index (χ4v) is 3.11. The monoisotopic (exact) mass is 307 g/mol. The van der Waals surface area contributed by atoms with E-state index in [1.807, 2.05) is 0 Å².